The molecule has 2 atom stereocenters. The van der Waals surface area contributed by atoms with E-state index < -0.39 is 16.8 Å². The van der Waals surface area contributed by atoms with Crippen LogP contribution in [0, 0.1) is 5.82 Å². The molecule has 7 heteroatoms. The lowest BCUT2D eigenvalue weighted by molar-refractivity contribution is -0.105. The molecule has 1 aliphatic heterocycles. The lowest BCUT2D eigenvalue weighted by atomic mass is 10.3. The van der Waals surface area contributed by atoms with Gasteiger partial charge in [-0.05, 0) is 38.0 Å². The fraction of sp³-hybridized carbons (Fsp3) is 0.462. The molecule has 2 unspecified atom stereocenters. The van der Waals surface area contributed by atoms with Crippen LogP contribution in [0.15, 0.2) is 22.7 Å². The highest BCUT2D eigenvalue weighted by atomic mass is 79.9. The molecule has 4 nitrogen and oxygen atoms in total. The Hall–Kier alpha value is -0.790. The molecule has 0 saturated carbocycles. The predicted octanol–water partition coefficient (Wildman–Crippen LogP) is 2.92. The Morgan fingerprint density at radius 2 is 2.25 bits per heavy atom. The van der Waals surface area contributed by atoms with E-state index in [9.17, 15) is 13.4 Å². The molecule has 1 aromatic carbocycles. The van der Waals surface area contributed by atoms with E-state index in [1.165, 1.54) is 25.0 Å². The second-order valence-corrected chi connectivity index (χ2v) is 6.67. The van der Waals surface area contributed by atoms with Gasteiger partial charge >= 0.3 is 0 Å². The van der Waals surface area contributed by atoms with Crippen molar-refractivity contribution in [2.24, 2.45) is 0 Å². The average molecular weight is 365 g/mol. The standard InChI is InChI=1S/C7H5BrFNO.C6H13NOS/c8-5-1-2-7(10-4-11)6(9)3-5;1-6-4-3-5-7(6)9(2)8/h1-4H,(H,10,11);6H,3-5H2,1-2H3. The van der Waals surface area contributed by atoms with Crippen LogP contribution in [0.25, 0.3) is 0 Å². The fourth-order valence-electron chi connectivity index (χ4n) is 1.96. The largest absolute Gasteiger partial charge is 0.326 e. The number of rotatable bonds is 3. The number of halogens is 2. The van der Waals surface area contributed by atoms with Crippen molar-refractivity contribution in [3.63, 3.8) is 0 Å². The summed E-state index contributed by atoms with van der Waals surface area (Å²) in [6, 6.07) is 4.95. The van der Waals surface area contributed by atoms with Gasteiger partial charge in [0, 0.05) is 23.3 Å². The first-order valence-electron chi connectivity index (χ1n) is 6.21. The molecular formula is C13H18BrFN2O2S. The first-order valence-corrected chi connectivity index (χ1v) is 8.52. The number of nitrogens with zero attached hydrogens (tertiary/aromatic N) is 1. The molecule has 1 aromatic rings. The summed E-state index contributed by atoms with van der Waals surface area (Å²) >= 11 is 3.09. The molecule has 1 heterocycles. The number of carbonyl (C=O) groups excluding carboxylic acids is 1. The molecule has 1 fully saturated rings. The van der Waals surface area contributed by atoms with Crippen LogP contribution < -0.4 is 5.32 Å². The van der Waals surface area contributed by atoms with Gasteiger partial charge in [-0.15, -0.1) is 0 Å². The van der Waals surface area contributed by atoms with Crippen molar-refractivity contribution in [2.45, 2.75) is 25.8 Å². The van der Waals surface area contributed by atoms with Crippen LogP contribution >= 0.6 is 15.9 Å². The van der Waals surface area contributed by atoms with Gasteiger partial charge in [0.1, 0.15) is 5.82 Å². The van der Waals surface area contributed by atoms with Gasteiger partial charge in [-0.2, -0.15) is 0 Å². The summed E-state index contributed by atoms with van der Waals surface area (Å²) in [4.78, 5) is 9.92. The van der Waals surface area contributed by atoms with Crippen LogP contribution in [0.2, 0.25) is 0 Å². The molecule has 1 N–H and O–H groups in total. The molecule has 1 saturated heterocycles. The number of benzene rings is 1. The van der Waals surface area contributed by atoms with Crippen LogP contribution in [-0.2, 0) is 15.8 Å². The van der Waals surface area contributed by atoms with Crippen molar-refractivity contribution in [3.05, 3.63) is 28.5 Å². The third kappa shape index (κ3) is 5.30. The van der Waals surface area contributed by atoms with Crippen LogP contribution in [0.5, 0.6) is 0 Å². The minimum absolute atomic E-state index is 0.184. The minimum Gasteiger partial charge on any atom is -0.326 e. The van der Waals surface area contributed by atoms with E-state index in [1.54, 1.807) is 12.3 Å². The maximum absolute atomic E-state index is 12.8. The maximum Gasteiger partial charge on any atom is 0.211 e. The molecule has 20 heavy (non-hydrogen) atoms. The first-order chi connectivity index (χ1) is 9.45. The Morgan fingerprint density at radius 3 is 2.65 bits per heavy atom. The monoisotopic (exact) mass is 364 g/mol. The van der Waals surface area contributed by atoms with Crippen LogP contribution in [0.1, 0.15) is 19.8 Å². The normalized spacial score (nSPS) is 19.9. The zero-order chi connectivity index (χ0) is 15.1. The van der Waals surface area contributed by atoms with Crippen molar-refractivity contribution in [1.82, 2.24) is 4.31 Å². The number of carbonyl (C=O) groups is 1. The Balaban J connectivity index is 0.000000204. The summed E-state index contributed by atoms with van der Waals surface area (Å²) in [5, 5.41) is 2.23. The first kappa shape index (κ1) is 17.3. The van der Waals surface area contributed by atoms with Gasteiger partial charge in [-0.1, -0.05) is 15.9 Å². The van der Waals surface area contributed by atoms with Gasteiger partial charge in [0.2, 0.25) is 6.41 Å². The van der Waals surface area contributed by atoms with E-state index in [4.69, 9.17) is 0 Å². The SMILES string of the molecule is CC1CCCN1S(C)=O.O=CNc1ccc(Br)cc1F. The van der Waals surface area contributed by atoms with Crippen LogP contribution in [0.3, 0.4) is 0 Å². The highest BCUT2D eigenvalue weighted by molar-refractivity contribution is 9.10. The molecule has 1 aliphatic rings. The second kappa shape index (κ2) is 8.49. The third-order valence-corrected chi connectivity index (χ3v) is 4.66. The van der Waals surface area contributed by atoms with Crippen molar-refractivity contribution < 1.29 is 13.4 Å². The van der Waals surface area contributed by atoms with E-state index >= 15 is 0 Å². The average Bonchev–Trinajstić information content (AvgIpc) is 2.80. The third-order valence-electron chi connectivity index (χ3n) is 2.97. The lowest BCUT2D eigenvalue weighted by Crippen LogP contribution is -2.27. The number of hydrogen-bond acceptors (Lipinski definition) is 2. The smallest absolute Gasteiger partial charge is 0.211 e. The van der Waals surface area contributed by atoms with E-state index in [0.717, 1.165) is 6.54 Å². The molecule has 0 bridgehead atoms. The minimum atomic E-state index is -0.738. The highest BCUT2D eigenvalue weighted by Crippen LogP contribution is 2.18. The van der Waals surface area contributed by atoms with E-state index in [-0.39, 0.29) is 5.69 Å². The van der Waals surface area contributed by atoms with Gasteiger partial charge in [0.05, 0.1) is 16.7 Å². The molecule has 0 aliphatic carbocycles. The second-order valence-electron chi connectivity index (χ2n) is 4.44. The topological polar surface area (TPSA) is 49.4 Å². The molecule has 1 amide bonds. The number of amides is 1. The molecule has 0 aromatic heterocycles. The summed E-state index contributed by atoms with van der Waals surface area (Å²) in [6.07, 6.45) is 4.61. The highest BCUT2D eigenvalue weighted by Gasteiger charge is 2.22. The Kier molecular flexibility index (Phi) is 7.32. The van der Waals surface area contributed by atoms with Gasteiger partial charge in [-0.3, -0.25) is 4.79 Å². The zero-order valence-electron chi connectivity index (χ0n) is 11.4. The van der Waals surface area contributed by atoms with E-state index in [2.05, 4.69) is 28.2 Å². The van der Waals surface area contributed by atoms with Crippen molar-refractivity contribution >= 4 is 39.0 Å². The fourth-order valence-corrected chi connectivity index (χ4v) is 3.29. The predicted molar refractivity (Wildman–Crippen MR) is 83.3 cm³/mol. The summed E-state index contributed by atoms with van der Waals surface area (Å²) < 4.78 is 26.4. The summed E-state index contributed by atoms with van der Waals surface area (Å²) in [6.45, 7) is 3.15. The van der Waals surface area contributed by atoms with E-state index in [1.807, 2.05) is 4.31 Å². The van der Waals surface area contributed by atoms with Gasteiger partial charge in [-0.25, -0.2) is 12.9 Å². The van der Waals surface area contributed by atoms with Gasteiger partial charge < -0.3 is 5.32 Å². The lowest BCUT2D eigenvalue weighted by Gasteiger charge is -2.16. The summed E-state index contributed by atoms with van der Waals surface area (Å²) in [5.41, 5.74) is 0.184. The maximum atomic E-state index is 12.8. The van der Waals surface area contributed by atoms with Crippen molar-refractivity contribution in [3.8, 4) is 0 Å². The molecule has 0 radical (unpaired) electrons. The van der Waals surface area contributed by atoms with Crippen molar-refractivity contribution in [1.29, 1.82) is 0 Å². The molecule has 112 valence electrons. The Labute approximate surface area is 129 Å². The molecule has 2 rings (SSSR count). The van der Waals surface area contributed by atoms with Crippen molar-refractivity contribution in [2.75, 3.05) is 18.1 Å². The number of anilines is 1. The zero-order valence-corrected chi connectivity index (χ0v) is 13.8. The van der Waals surface area contributed by atoms with E-state index in [0.29, 0.717) is 16.9 Å². The van der Waals surface area contributed by atoms with Gasteiger partial charge in [0.25, 0.3) is 0 Å². The summed E-state index contributed by atoms with van der Waals surface area (Å²) in [5.74, 6) is -0.452. The molecule has 0 spiro atoms. The number of nitrogens with one attached hydrogen (secondary N) is 1. The quantitative estimate of drug-likeness (QED) is 0.838. The Morgan fingerprint density at radius 1 is 1.55 bits per heavy atom. The van der Waals surface area contributed by atoms with Crippen LogP contribution in [-0.4, -0.2) is 33.8 Å². The molecular weight excluding hydrogens is 347 g/mol. The number of hydrogen-bond donors (Lipinski definition) is 1. The van der Waals surface area contributed by atoms with Crippen LogP contribution in [0.4, 0.5) is 10.1 Å². The Bertz CT molecular complexity index is 487. The summed E-state index contributed by atoms with van der Waals surface area (Å²) in [7, 11) is -0.738. The van der Waals surface area contributed by atoms with Gasteiger partial charge in [0.15, 0.2) is 0 Å².